The highest BCUT2D eigenvalue weighted by atomic mass is 16.4. The van der Waals surface area contributed by atoms with Gasteiger partial charge in [0, 0.05) is 26.3 Å². The Balaban J connectivity index is 2.05. The maximum absolute atomic E-state index is 11.2. The first-order valence-corrected chi connectivity index (χ1v) is 6.12. The van der Waals surface area contributed by atoms with Gasteiger partial charge in [-0.1, -0.05) is 0 Å². The zero-order chi connectivity index (χ0) is 14.0. The fourth-order valence-electron chi connectivity index (χ4n) is 2.47. The summed E-state index contributed by atoms with van der Waals surface area (Å²) in [6, 6.07) is 0. The summed E-state index contributed by atoms with van der Waals surface area (Å²) in [4.78, 5) is 28.2. The quantitative estimate of drug-likeness (QED) is 0.799. The number of aromatic nitrogens is 2. The minimum absolute atomic E-state index is 0.261. The van der Waals surface area contributed by atoms with Crippen molar-refractivity contribution in [2.45, 2.75) is 13.0 Å². The Labute approximate surface area is 110 Å². The molecule has 104 valence electrons. The van der Waals surface area contributed by atoms with E-state index in [-0.39, 0.29) is 6.54 Å². The Morgan fingerprint density at radius 3 is 2.58 bits per heavy atom. The standard InChI is InChI=1S/C12H17N3O4/c1-14-7-13-4-8(14)5-15-3-2-9(11(16)17)10(6-15)12(18)19/h4,7,9-10H,2-3,5-6H2,1H3,(H,16,17)(H,18,19). The third-order valence-corrected chi connectivity index (χ3v) is 3.63. The number of carboxylic acids is 2. The van der Waals surface area contributed by atoms with Crippen LogP contribution in [-0.4, -0.2) is 49.7 Å². The minimum atomic E-state index is -1.04. The molecule has 1 aromatic heterocycles. The van der Waals surface area contributed by atoms with Crippen LogP contribution in [-0.2, 0) is 23.2 Å². The zero-order valence-electron chi connectivity index (χ0n) is 10.7. The van der Waals surface area contributed by atoms with Gasteiger partial charge in [0.1, 0.15) is 0 Å². The SMILES string of the molecule is Cn1cncc1CN1CCC(C(=O)O)C(C(=O)O)C1. The molecule has 2 heterocycles. The summed E-state index contributed by atoms with van der Waals surface area (Å²) >= 11 is 0. The molecule has 0 amide bonds. The van der Waals surface area contributed by atoms with E-state index in [1.807, 2.05) is 16.5 Å². The summed E-state index contributed by atoms with van der Waals surface area (Å²) in [5.41, 5.74) is 0.984. The number of aryl methyl sites for hydroxylation is 1. The van der Waals surface area contributed by atoms with Crippen molar-refractivity contribution in [1.82, 2.24) is 14.5 Å². The third-order valence-electron chi connectivity index (χ3n) is 3.63. The van der Waals surface area contributed by atoms with E-state index in [9.17, 15) is 9.59 Å². The van der Waals surface area contributed by atoms with Gasteiger partial charge in [-0.05, 0) is 13.0 Å². The molecule has 0 saturated carbocycles. The highest BCUT2D eigenvalue weighted by Crippen LogP contribution is 2.25. The lowest BCUT2D eigenvalue weighted by Crippen LogP contribution is -2.46. The van der Waals surface area contributed by atoms with Crippen molar-refractivity contribution in [3.63, 3.8) is 0 Å². The van der Waals surface area contributed by atoms with Crippen LogP contribution < -0.4 is 0 Å². The number of likely N-dealkylation sites (tertiary alicyclic amines) is 1. The monoisotopic (exact) mass is 267 g/mol. The van der Waals surface area contributed by atoms with Crippen molar-refractivity contribution in [3.8, 4) is 0 Å². The maximum Gasteiger partial charge on any atom is 0.308 e. The smallest absolute Gasteiger partial charge is 0.308 e. The Hall–Kier alpha value is -1.89. The number of imidazole rings is 1. The van der Waals surface area contributed by atoms with E-state index in [1.165, 1.54) is 0 Å². The Kier molecular flexibility index (Phi) is 3.84. The molecule has 2 N–H and O–H groups in total. The van der Waals surface area contributed by atoms with E-state index in [2.05, 4.69) is 4.98 Å². The summed E-state index contributed by atoms with van der Waals surface area (Å²) in [6.45, 7) is 1.44. The van der Waals surface area contributed by atoms with Crippen LogP contribution in [0, 0.1) is 11.8 Å². The summed E-state index contributed by atoms with van der Waals surface area (Å²) in [5, 5.41) is 18.2. The van der Waals surface area contributed by atoms with Crippen LogP contribution in [0.4, 0.5) is 0 Å². The number of hydrogen-bond donors (Lipinski definition) is 2. The van der Waals surface area contributed by atoms with Crippen LogP contribution in [0.1, 0.15) is 12.1 Å². The van der Waals surface area contributed by atoms with Crippen molar-refractivity contribution in [2.75, 3.05) is 13.1 Å². The summed E-state index contributed by atoms with van der Waals surface area (Å²) in [7, 11) is 1.88. The Morgan fingerprint density at radius 2 is 2.05 bits per heavy atom. The van der Waals surface area contributed by atoms with Crippen molar-refractivity contribution < 1.29 is 19.8 Å². The fourth-order valence-corrected chi connectivity index (χ4v) is 2.47. The van der Waals surface area contributed by atoms with Crippen LogP contribution in [0.15, 0.2) is 12.5 Å². The molecule has 1 fully saturated rings. The average molecular weight is 267 g/mol. The van der Waals surface area contributed by atoms with Crippen molar-refractivity contribution in [1.29, 1.82) is 0 Å². The first-order valence-electron chi connectivity index (χ1n) is 6.12. The highest BCUT2D eigenvalue weighted by molar-refractivity contribution is 5.80. The fraction of sp³-hybridized carbons (Fsp3) is 0.583. The molecule has 1 aliphatic rings. The topological polar surface area (TPSA) is 95.7 Å². The van der Waals surface area contributed by atoms with Gasteiger partial charge in [0.25, 0.3) is 0 Å². The molecule has 2 atom stereocenters. The molecule has 19 heavy (non-hydrogen) atoms. The number of hydrogen-bond acceptors (Lipinski definition) is 4. The van der Waals surface area contributed by atoms with E-state index < -0.39 is 23.8 Å². The second-order valence-electron chi connectivity index (χ2n) is 4.91. The summed E-state index contributed by atoms with van der Waals surface area (Å²) in [6.07, 6.45) is 3.79. The second kappa shape index (κ2) is 5.40. The molecule has 0 bridgehead atoms. The largest absolute Gasteiger partial charge is 0.481 e. The Bertz CT molecular complexity index is 485. The van der Waals surface area contributed by atoms with Crippen LogP contribution in [0.3, 0.4) is 0 Å². The van der Waals surface area contributed by atoms with Gasteiger partial charge in [-0.25, -0.2) is 4.98 Å². The molecular weight excluding hydrogens is 250 g/mol. The molecular formula is C12H17N3O4. The van der Waals surface area contributed by atoms with E-state index in [1.54, 1.807) is 12.5 Å². The minimum Gasteiger partial charge on any atom is -0.481 e. The lowest BCUT2D eigenvalue weighted by Gasteiger charge is -2.34. The number of piperidine rings is 1. The highest BCUT2D eigenvalue weighted by Gasteiger charge is 2.38. The number of nitrogens with zero attached hydrogens (tertiary/aromatic N) is 3. The van der Waals surface area contributed by atoms with Gasteiger partial charge in [0.05, 0.1) is 23.9 Å². The van der Waals surface area contributed by atoms with Crippen LogP contribution >= 0.6 is 0 Å². The number of aliphatic carboxylic acids is 2. The zero-order valence-corrected chi connectivity index (χ0v) is 10.7. The second-order valence-corrected chi connectivity index (χ2v) is 4.91. The lowest BCUT2D eigenvalue weighted by molar-refractivity contribution is -0.157. The number of carbonyl (C=O) groups is 2. The van der Waals surface area contributed by atoms with Crippen LogP contribution in [0.5, 0.6) is 0 Å². The van der Waals surface area contributed by atoms with E-state index >= 15 is 0 Å². The van der Waals surface area contributed by atoms with Crippen molar-refractivity contribution >= 4 is 11.9 Å². The van der Waals surface area contributed by atoms with Gasteiger partial charge in [-0.15, -0.1) is 0 Å². The van der Waals surface area contributed by atoms with Gasteiger partial charge < -0.3 is 14.8 Å². The third kappa shape index (κ3) is 2.93. The molecule has 0 radical (unpaired) electrons. The van der Waals surface area contributed by atoms with Crippen LogP contribution in [0.2, 0.25) is 0 Å². The predicted molar refractivity (Wildman–Crippen MR) is 65.4 cm³/mol. The van der Waals surface area contributed by atoms with E-state index in [0.717, 1.165) is 5.69 Å². The first-order chi connectivity index (χ1) is 8.99. The molecule has 7 heteroatoms. The molecule has 2 rings (SSSR count). The molecule has 1 saturated heterocycles. The molecule has 0 aliphatic carbocycles. The van der Waals surface area contributed by atoms with E-state index in [4.69, 9.17) is 10.2 Å². The normalized spacial score (nSPS) is 24.3. The van der Waals surface area contributed by atoms with Crippen molar-refractivity contribution in [3.05, 3.63) is 18.2 Å². The van der Waals surface area contributed by atoms with Crippen LogP contribution in [0.25, 0.3) is 0 Å². The number of rotatable bonds is 4. The summed E-state index contributed by atoms with van der Waals surface area (Å²) < 4.78 is 1.87. The number of carboxylic acid groups (broad SMARTS) is 2. The lowest BCUT2D eigenvalue weighted by atomic mass is 9.85. The molecule has 2 unspecified atom stereocenters. The van der Waals surface area contributed by atoms with Gasteiger partial charge in [-0.3, -0.25) is 14.5 Å². The first kappa shape index (κ1) is 13.5. The summed E-state index contributed by atoms with van der Waals surface area (Å²) in [5.74, 6) is -3.70. The van der Waals surface area contributed by atoms with E-state index in [0.29, 0.717) is 19.5 Å². The molecule has 0 spiro atoms. The average Bonchev–Trinajstić information content (AvgIpc) is 2.74. The molecule has 7 nitrogen and oxygen atoms in total. The molecule has 1 aliphatic heterocycles. The van der Waals surface area contributed by atoms with Crippen molar-refractivity contribution in [2.24, 2.45) is 18.9 Å². The predicted octanol–water partition coefficient (Wildman–Crippen LogP) is 0.0274. The van der Waals surface area contributed by atoms with Gasteiger partial charge >= 0.3 is 11.9 Å². The van der Waals surface area contributed by atoms with Gasteiger partial charge in [0.15, 0.2) is 0 Å². The molecule has 1 aromatic rings. The molecule has 0 aromatic carbocycles. The Morgan fingerprint density at radius 1 is 1.37 bits per heavy atom. The van der Waals surface area contributed by atoms with Gasteiger partial charge in [0.2, 0.25) is 0 Å². The maximum atomic E-state index is 11.2. The van der Waals surface area contributed by atoms with Gasteiger partial charge in [-0.2, -0.15) is 0 Å².